The van der Waals surface area contributed by atoms with E-state index >= 15 is 0 Å². The second kappa shape index (κ2) is 6.16. The Morgan fingerprint density at radius 2 is 1.81 bits per heavy atom. The van der Waals surface area contributed by atoms with Gasteiger partial charge in [0.2, 0.25) is 0 Å². The minimum Gasteiger partial charge on any atom is -0.393 e. The summed E-state index contributed by atoms with van der Waals surface area (Å²) in [6.45, 7) is 7.26. The zero-order chi connectivity index (χ0) is 15.6. The van der Waals surface area contributed by atoms with Crippen LogP contribution in [0.15, 0.2) is 29.1 Å². The zero-order valence-corrected chi connectivity index (χ0v) is 12.8. The van der Waals surface area contributed by atoms with Gasteiger partial charge < -0.3 is 5.73 Å². The highest BCUT2D eigenvalue weighted by molar-refractivity contribution is 5.42. The third-order valence-electron chi connectivity index (χ3n) is 3.53. The summed E-state index contributed by atoms with van der Waals surface area (Å²) < 4.78 is 16.5. The van der Waals surface area contributed by atoms with Gasteiger partial charge in [-0.05, 0) is 37.0 Å². The van der Waals surface area contributed by atoms with Gasteiger partial charge in [-0.3, -0.25) is 9.48 Å². The van der Waals surface area contributed by atoms with Crippen molar-refractivity contribution in [2.24, 2.45) is 5.92 Å². The Morgan fingerprint density at radius 3 is 2.33 bits per heavy atom. The van der Waals surface area contributed by atoms with Crippen LogP contribution in [0.25, 0.3) is 0 Å². The number of hydrogen-bond acceptors (Lipinski definition) is 2. The summed E-state index contributed by atoms with van der Waals surface area (Å²) in [5, 5.41) is 0. The second-order valence-corrected chi connectivity index (χ2v) is 5.66. The Balaban J connectivity index is 2.43. The van der Waals surface area contributed by atoms with E-state index in [0.717, 1.165) is 17.7 Å². The van der Waals surface area contributed by atoms with Gasteiger partial charge in [0.05, 0.1) is 12.2 Å². The second-order valence-electron chi connectivity index (χ2n) is 5.66. The molecule has 0 aliphatic heterocycles. The maximum Gasteiger partial charge on any atom is 0.290 e. The van der Waals surface area contributed by atoms with Crippen molar-refractivity contribution in [3.8, 4) is 0 Å². The Hall–Kier alpha value is -2.04. The molecule has 0 aliphatic carbocycles. The third kappa shape index (κ3) is 3.17. The number of aromatic nitrogens is 2. The van der Waals surface area contributed by atoms with Crippen LogP contribution in [0.5, 0.6) is 0 Å². The highest BCUT2D eigenvalue weighted by atomic mass is 19.1. The van der Waals surface area contributed by atoms with Crippen molar-refractivity contribution < 1.29 is 4.39 Å². The van der Waals surface area contributed by atoms with Gasteiger partial charge in [-0.2, -0.15) is 0 Å². The van der Waals surface area contributed by atoms with Crippen LogP contribution in [0.1, 0.15) is 32.0 Å². The van der Waals surface area contributed by atoms with Gasteiger partial charge in [-0.1, -0.05) is 26.0 Å². The van der Waals surface area contributed by atoms with Crippen LogP contribution < -0.4 is 11.3 Å². The fraction of sp³-hybridized carbons (Fsp3) is 0.438. The molecule has 1 heterocycles. The zero-order valence-electron chi connectivity index (χ0n) is 12.8. The molecule has 1 aromatic heterocycles. The van der Waals surface area contributed by atoms with Crippen LogP contribution in [0.2, 0.25) is 0 Å². The number of hydrogen-bond donors (Lipinski definition) is 1. The fourth-order valence-electron chi connectivity index (χ4n) is 2.54. The molecule has 0 saturated carbocycles. The average molecular weight is 291 g/mol. The van der Waals surface area contributed by atoms with E-state index in [1.54, 1.807) is 16.8 Å². The van der Waals surface area contributed by atoms with Gasteiger partial charge >= 0.3 is 0 Å². The van der Waals surface area contributed by atoms with Crippen molar-refractivity contribution >= 4 is 5.69 Å². The Morgan fingerprint density at radius 1 is 1.19 bits per heavy atom. The van der Waals surface area contributed by atoms with Crippen molar-refractivity contribution in [3.63, 3.8) is 0 Å². The van der Waals surface area contributed by atoms with Crippen LogP contribution in [0.4, 0.5) is 10.1 Å². The minimum absolute atomic E-state index is 0.170. The summed E-state index contributed by atoms with van der Waals surface area (Å²) in [5.41, 5.74) is 7.91. The van der Waals surface area contributed by atoms with E-state index in [-0.39, 0.29) is 11.4 Å². The fourth-order valence-corrected chi connectivity index (χ4v) is 2.54. The van der Waals surface area contributed by atoms with Crippen molar-refractivity contribution in [1.82, 2.24) is 9.36 Å². The first-order valence-corrected chi connectivity index (χ1v) is 7.26. The molecule has 1 aromatic carbocycles. The molecule has 0 fully saturated rings. The number of benzene rings is 1. The highest BCUT2D eigenvalue weighted by Crippen LogP contribution is 2.15. The van der Waals surface area contributed by atoms with E-state index in [1.807, 2.05) is 11.6 Å². The van der Waals surface area contributed by atoms with E-state index in [2.05, 4.69) is 13.8 Å². The largest absolute Gasteiger partial charge is 0.393 e. The normalized spacial score (nSPS) is 11.3. The molecule has 2 N–H and O–H groups in total. The predicted octanol–water partition coefficient (Wildman–Crippen LogP) is 2.64. The van der Waals surface area contributed by atoms with E-state index in [4.69, 9.17) is 5.73 Å². The van der Waals surface area contributed by atoms with Gasteiger partial charge in [-0.15, -0.1) is 0 Å². The van der Waals surface area contributed by atoms with E-state index in [9.17, 15) is 9.18 Å². The van der Waals surface area contributed by atoms with Crippen molar-refractivity contribution in [2.45, 2.75) is 40.3 Å². The van der Waals surface area contributed by atoms with Crippen molar-refractivity contribution in [2.75, 3.05) is 5.73 Å². The minimum atomic E-state index is -0.281. The number of nitrogens with two attached hydrogens (primary N) is 1. The van der Waals surface area contributed by atoms with Gasteiger partial charge in [-0.25, -0.2) is 9.07 Å². The van der Waals surface area contributed by atoms with Gasteiger partial charge in [0, 0.05) is 6.54 Å². The van der Waals surface area contributed by atoms with E-state index in [0.29, 0.717) is 24.7 Å². The van der Waals surface area contributed by atoms with Gasteiger partial charge in [0.25, 0.3) is 5.56 Å². The predicted molar refractivity (Wildman–Crippen MR) is 82.8 cm³/mol. The van der Waals surface area contributed by atoms with Gasteiger partial charge in [0.15, 0.2) is 0 Å². The van der Waals surface area contributed by atoms with Crippen LogP contribution in [0, 0.1) is 11.7 Å². The molecule has 0 saturated heterocycles. The van der Waals surface area contributed by atoms with Crippen LogP contribution in [0.3, 0.4) is 0 Å². The highest BCUT2D eigenvalue weighted by Gasteiger charge is 2.17. The molecule has 2 aromatic rings. The molecular weight excluding hydrogens is 269 g/mol. The summed E-state index contributed by atoms with van der Waals surface area (Å²) >= 11 is 0. The quantitative estimate of drug-likeness (QED) is 0.920. The average Bonchev–Trinajstić information content (AvgIpc) is 2.65. The van der Waals surface area contributed by atoms with Crippen molar-refractivity contribution in [3.05, 3.63) is 51.7 Å². The van der Waals surface area contributed by atoms with Crippen LogP contribution in [-0.2, 0) is 19.5 Å². The van der Waals surface area contributed by atoms with Crippen molar-refractivity contribution in [1.29, 1.82) is 0 Å². The number of nitrogen functional groups attached to an aromatic ring is 1. The molecular formula is C16H22FN3O. The van der Waals surface area contributed by atoms with Crippen LogP contribution in [-0.4, -0.2) is 9.36 Å². The lowest BCUT2D eigenvalue weighted by Gasteiger charge is -2.14. The van der Waals surface area contributed by atoms with E-state index in [1.165, 1.54) is 12.1 Å². The first-order chi connectivity index (χ1) is 9.93. The summed E-state index contributed by atoms with van der Waals surface area (Å²) in [4.78, 5) is 12.4. The molecule has 21 heavy (non-hydrogen) atoms. The number of halogens is 1. The first-order valence-electron chi connectivity index (χ1n) is 7.26. The Labute approximate surface area is 124 Å². The number of nitrogens with zero attached hydrogens (tertiary/aromatic N) is 2. The first kappa shape index (κ1) is 15.4. The lowest BCUT2D eigenvalue weighted by Crippen LogP contribution is -2.24. The molecule has 0 amide bonds. The monoisotopic (exact) mass is 291 g/mol. The Kier molecular flexibility index (Phi) is 4.50. The lowest BCUT2D eigenvalue weighted by atomic mass is 10.1. The summed E-state index contributed by atoms with van der Waals surface area (Å²) in [6, 6.07) is 6.18. The Bertz CT molecular complexity index is 668. The molecule has 0 unspecified atom stereocenters. The number of rotatable bonds is 5. The van der Waals surface area contributed by atoms with Gasteiger partial charge in [0.1, 0.15) is 11.5 Å². The van der Waals surface area contributed by atoms with E-state index < -0.39 is 0 Å². The molecule has 5 heteroatoms. The molecule has 0 radical (unpaired) electrons. The van der Waals surface area contributed by atoms with Crippen LogP contribution >= 0.6 is 0 Å². The molecule has 0 spiro atoms. The standard InChI is InChI=1S/C16H22FN3O/c1-4-19-14(9-11(2)3)15(18)16(21)20(19)10-12-5-7-13(17)8-6-12/h5-8,11H,4,9-10,18H2,1-3H3. The smallest absolute Gasteiger partial charge is 0.290 e. The molecule has 2 rings (SSSR count). The maximum atomic E-state index is 13.0. The summed E-state index contributed by atoms with van der Waals surface area (Å²) in [7, 11) is 0. The molecule has 4 nitrogen and oxygen atoms in total. The molecule has 0 aliphatic rings. The summed E-state index contributed by atoms with van der Waals surface area (Å²) in [5.74, 6) is 0.142. The molecule has 0 bridgehead atoms. The topological polar surface area (TPSA) is 52.9 Å². The lowest BCUT2D eigenvalue weighted by molar-refractivity contribution is 0.459. The third-order valence-corrected chi connectivity index (χ3v) is 3.53. The number of anilines is 1. The SMILES string of the molecule is CCn1c(CC(C)C)c(N)c(=O)n1Cc1ccc(F)cc1. The summed E-state index contributed by atoms with van der Waals surface area (Å²) in [6.07, 6.45) is 0.769. The maximum absolute atomic E-state index is 13.0. The molecule has 0 atom stereocenters. The molecule has 114 valence electrons.